The van der Waals surface area contributed by atoms with Crippen molar-refractivity contribution in [2.24, 2.45) is 5.73 Å². The maximum atomic E-state index is 13.0. The van der Waals surface area contributed by atoms with Gasteiger partial charge in [0.15, 0.2) is 0 Å². The zero-order valence-electron chi connectivity index (χ0n) is 7.43. The Morgan fingerprint density at radius 1 is 1.38 bits per heavy atom. The molecule has 72 valence electrons. The van der Waals surface area contributed by atoms with Gasteiger partial charge >= 0.3 is 0 Å². The quantitative estimate of drug-likeness (QED) is 0.721. The van der Waals surface area contributed by atoms with Crippen LogP contribution in [0.25, 0.3) is 0 Å². The van der Waals surface area contributed by atoms with Crippen molar-refractivity contribution in [2.75, 3.05) is 13.7 Å². The van der Waals surface area contributed by atoms with Gasteiger partial charge in [0.25, 0.3) is 0 Å². The predicted octanol–water partition coefficient (Wildman–Crippen LogP) is 1.31. The standard InChI is InChI=1S/C9H12F2N2/c1-13(6-12)5-7-2-3-8(10)4-9(7)11/h2-4H,5-6,12H2,1H3. The minimum atomic E-state index is -0.559. The number of hydrogen-bond acceptors (Lipinski definition) is 2. The van der Waals surface area contributed by atoms with Gasteiger partial charge in [-0.1, -0.05) is 6.07 Å². The van der Waals surface area contributed by atoms with Crippen LogP contribution in [0.1, 0.15) is 5.56 Å². The Bertz CT molecular complexity index is 289. The number of halogens is 2. The zero-order valence-corrected chi connectivity index (χ0v) is 7.43. The third-order valence-electron chi connectivity index (χ3n) is 1.77. The first-order valence-corrected chi connectivity index (χ1v) is 3.96. The molecular formula is C9H12F2N2. The van der Waals surface area contributed by atoms with Gasteiger partial charge in [0.2, 0.25) is 0 Å². The van der Waals surface area contributed by atoms with Crippen LogP contribution in [0, 0.1) is 11.6 Å². The highest BCUT2D eigenvalue weighted by Gasteiger charge is 2.05. The molecule has 0 bridgehead atoms. The summed E-state index contributed by atoms with van der Waals surface area (Å²) in [5.41, 5.74) is 5.78. The minimum Gasteiger partial charge on any atom is -0.318 e. The molecule has 0 aliphatic heterocycles. The van der Waals surface area contributed by atoms with Gasteiger partial charge in [0, 0.05) is 24.8 Å². The van der Waals surface area contributed by atoms with E-state index in [-0.39, 0.29) is 0 Å². The zero-order chi connectivity index (χ0) is 9.84. The first kappa shape index (κ1) is 10.1. The number of benzene rings is 1. The fourth-order valence-corrected chi connectivity index (χ4v) is 1.01. The molecule has 0 aliphatic rings. The fourth-order valence-electron chi connectivity index (χ4n) is 1.01. The lowest BCUT2D eigenvalue weighted by Crippen LogP contribution is -2.25. The van der Waals surface area contributed by atoms with Gasteiger partial charge in [-0.15, -0.1) is 0 Å². The lowest BCUT2D eigenvalue weighted by molar-refractivity contribution is 0.331. The summed E-state index contributed by atoms with van der Waals surface area (Å²) in [4.78, 5) is 1.73. The van der Waals surface area contributed by atoms with E-state index in [1.807, 2.05) is 0 Å². The molecule has 13 heavy (non-hydrogen) atoms. The van der Waals surface area contributed by atoms with Crippen molar-refractivity contribution >= 4 is 0 Å². The third-order valence-corrected chi connectivity index (χ3v) is 1.77. The Kier molecular flexibility index (Phi) is 3.33. The second-order valence-corrected chi connectivity index (χ2v) is 2.93. The van der Waals surface area contributed by atoms with Crippen molar-refractivity contribution in [1.82, 2.24) is 4.90 Å². The largest absolute Gasteiger partial charge is 0.318 e. The Hall–Kier alpha value is -1.00. The van der Waals surface area contributed by atoms with E-state index in [1.165, 1.54) is 12.1 Å². The summed E-state index contributed by atoms with van der Waals surface area (Å²) in [6.45, 7) is 0.736. The average Bonchev–Trinajstić information content (AvgIpc) is 2.09. The maximum absolute atomic E-state index is 13.0. The molecule has 0 saturated carbocycles. The van der Waals surface area contributed by atoms with Crippen LogP contribution in [-0.4, -0.2) is 18.6 Å². The Morgan fingerprint density at radius 3 is 2.62 bits per heavy atom. The lowest BCUT2D eigenvalue weighted by Gasteiger charge is -2.13. The normalized spacial score (nSPS) is 10.8. The number of rotatable bonds is 3. The minimum absolute atomic E-state index is 0.344. The summed E-state index contributed by atoms with van der Waals surface area (Å²) in [7, 11) is 1.77. The van der Waals surface area contributed by atoms with E-state index in [1.54, 1.807) is 11.9 Å². The number of hydrogen-bond donors (Lipinski definition) is 1. The molecule has 0 aromatic heterocycles. The molecule has 0 heterocycles. The van der Waals surface area contributed by atoms with Gasteiger partial charge in [-0.2, -0.15) is 0 Å². The van der Waals surface area contributed by atoms with Crippen molar-refractivity contribution in [3.63, 3.8) is 0 Å². The number of nitrogens with zero attached hydrogens (tertiary/aromatic N) is 1. The van der Waals surface area contributed by atoms with E-state index in [0.717, 1.165) is 6.07 Å². The van der Waals surface area contributed by atoms with E-state index in [0.29, 0.717) is 18.8 Å². The topological polar surface area (TPSA) is 29.3 Å². The average molecular weight is 186 g/mol. The van der Waals surface area contributed by atoms with Crippen LogP contribution in [0.5, 0.6) is 0 Å². The summed E-state index contributed by atoms with van der Waals surface area (Å²) in [5, 5.41) is 0. The SMILES string of the molecule is CN(CN)Cc1ccc(F)cc1F. The van der Waals surface area contributed by atoms with Crippen LogP contribution in [0.4, 0.5) is 8.78 Å². The molecule has 0 aliphatic carbocycles. The van der Waals surface area contributed by atoms with Gasteiger partial charge in [-0.25, -0.2) is 8.78 Å². The highest BCUT2D eigenvalue weighted by molar-refractivity contribution is 5.18. The van der Waals surface area contributed by atoms with Crippen LogP contribution >= 0.6 is 0 Å². The molecule has 2 nitrogen and oxygen atoms in total. The molecule has 0 radical (unpaired) electrons. The van der Waals surface area contributed by atoms with E-state index in [9.17, 15) is 8.78 Å². The van der Waals surface area contributed by atoms with Gasteiger partial charge in [-0.05, 0) is 13.1 Å². The second-order valence-electron chi connectivity index (χ2n) is 2.93. The Balaban J connectivity index is 2.77. The van der Waals surface area contributed by atoms with Crippen molar-refractivity contribution in [3.8, 4) is 0 Å². The molecule has 1 aromatic rings. The number of nitrogens with two attached hydrogens (primary N) is 1. The summed E-state index contributed by atoms with van der Waals surface area (Å²) >= 11 is 0. The van der Waals surface area contributed by atoms with Crippen LogP contribution in [0.2, 0.25) is 0 Å². The van der Waals surface area contributed by atoms with E-state index < -0.39 is 11.6 Å². The van der Waals surface area contributed by atoms with E-state index >= 15 is 0 Å². The molecule has 1 aromatic carbocycles. The van der Waals surface area contributed by atoms with Crippen LogP contribution in [-0.2, 0) is 6.54 Å². The highest BCUT2D eigenvalue weighted by atomic mass is 19.1. The van der Waals surface area contributed by atoms with Crippen molar-refractivity contribution in [1.29, 1.82) is 0 Å². The predicted molar refractivity (Wildman–Crippen MR) is 46.9 cm³/mol. The van der Waals surface area contributed by atoms with Gasteiger partial charge in [-0.3, -0.25) is 4.90 Å². The Labute approximate surface area is 76.0 Å². The summed E-state index contributed by atoms with van der Waals surface area (Å²) in [6.07, 6.45) is 0. The van der Waals surface area contributed by atoms with Gasteiger partial charge in [0.05, 0.1) is 0 Å². The molecule has 4 heteroatoms. The lowest BCUT2D eigenvalue weighted by atomic mass is 10.2. The summed E-state index contributed by atoms with van der Waals surface area (Å²) in [6, 6.07) is 3.54. The molecular weight excluding hydrogens is 174 g/mol. The fraction of sp³-hybridized carbons (Fsp3) is 0.333. The summed E-state index contributed by atoms with van der Waals surface area (Å²) in [5.74, 6) is -1.09. The van der Waals surface area contributed by atoms with Crippen LogP contribution in [0.15, 0.2) is 18.2 Å². The highest BCUT2D eigenvalue weighted by Crippen LogP contribution is 2.10. The molecule has 2 N–H and O–H groups in total. The molecule has 0 atom stereocenters. The maximum Gasteiger partial charge on any atom is 0.130 e. The second kappa shape index (κ2) is 4.30. The molecule has 0 saturated heterocycles. The van der Waals surface area contributed by atoms with Crippen molar-refractivity contribution in [2.45, 2.75) is 6.54 Å². The van der Waals surface area contributed by atoms with Crippen molar-refractivity contribution < 1.29 is 8.78 Å². The molecule has 1 rings (SSSR count). The Morgan fingerprint density at radius 2 is 2.08 bits per heavy atom. The summed E-state index contributed by atoms with van der Waals surface area (Å²) < 4.78 is 25.5. The molecule has 0 spiro atoms. The van der Waals surface area contributed by atoms with E-state index in [4.69, 9.17) is 5.73 Å². The van der Waals surface area contributed by atoms with E-state index in [2.05, 4.69) is 0 Å². The van der Waals surface area contributed by atoms with Crippen molar-refractivity contribution in [3.05, 3.63) is 35.4 Å². The van der Waals surface area contributed by atoms with Gasteiger partial charge < -0.3 is 5.73 Å². The van der Waals surface area contributed by atoms with Gasteiger partial charge in [0.1, 0.15) is 11.6 Å². The first-order valence-electron chi connectivity index (χ1n) is 3.96. The molecule has 0 unspecified atom stereocenters. The van der Waals surface area contributed by atoms with Crippen LogP contribution in [0.3, 0.4) is 0 Å². The molecule has 0 fully saturated rings. The smallest absolute Gasteiger partial charge is 0.130 e. The first-order chi connectivity index (χ1) is 6.13. The third kappa shape index (κ3) is 2.75. The molecule has 0 amide bonds. The monoisotopic (exact) mass is 186 g/mol. The van der Waals surface area contributed by atoms with Crippen LogP contribution < -0.4 is 5.73 Å².